The van der Waals surface area contributed by atoms with Gasteiger partial charge in [0.15, 0.2) is 0 Å². The van der Waals surface area contributed by atoms with Gasteiger partial charge in [-0.15, -0.1) is 0 Å². The molecule has 188 valence electrons. The molecular formula is C34H38GeNO+. The first-order valence-corrected chi connectivity index (χ1v) is 21.2. The standard InChI is InChI=1S/C34H38GeNO/c1-23-14-19-27-28-20-21-29(35(2,3)4)32(26-17-15-25(16-18-26)24-11-7-6-8-12-24)34(28)37-33(27)31(23)30-13-9-10-22-36(30)5/h9-10,13-22,24H,6-8,11-12H2,1-5H3/q+1. The number of furan rings is 1. The Morgan fingerprint density at radius 3 is 2.11 bits per heavy atom. The van der Waals surface area contributed by atoms with E-state index < -0.39 is 13.3 Å². The van der Waals surface area contributed by atoms with Crippen molar-refractivity contribution in [3.8, 4) is 22.4 Å². The van der Waals surface area contributed by atoms with Gasteiger partial charge in [-0.1, -0.05) is 0 Å². The van der Waals surface area contributed by atoms with E-state index in [1.807, 2.05) is 0 Å². The quantitative estimate of drug-likeness (QED) is 0.162. The molecule has 2 aromatic heterocycles. The van der Waals surface area contributed by atoms with Crippen molar-refractivity contribution in [1.29, 1.82) is 0 Å². The zero-order valence-corrected chi connectivity index (χ0v) is 25.0. The Morgan fingerprint density at radius 1 is 0.757 bits per heavy atom. The molecule has 1 fully saturated rings. The van der Waals surface area contributed by atoms with Crippen LogP contribution in [0.25, 0.3) is 44.3 Å². The molecule has 37 heavy (non-hydrogen) atoms. The molecule has 6 rings (SSSR count). The van der Waals surface area contributed by atoms with Crippen molar-refractivity contribution in [3.05, 3.63) is 84.1 Å². The van der Waals surface area contributed by atoms with Gasteiger partial charge in [0.25, 0.3) is 0 Å². The van der Waals surface area contributed by atoms with Gasteiger partial charge in [-0.2, -0.15) is 0 Å². The molecule has 0 unspecified atom stereocenters. The first-order valence-electron chi connectivity index (χ1n) is 13.9. The van der Waals surface area contributed by atoms with Crippen molar-refractivity contribution in [2.24, 2.45) is 7.05 Å². The molecule has 0 bridgehead atoms. The number of fused-ring (bicyclic) bond motifs is 3. The van der Waals surface area contributed by atoms with E-state index in [0.29, 0.717) is 0 Å². The Labute approximate surface area is 223 Å². The summed E-state index contributed by atoms with van der Waals surface area (Å²) in [5.41, 5.74) is 9.76. The molecule has 3 aromatic carbocycles. The van der Waals surface area contributed by atoms with Gasteiger partial charge in [0.1, 0.15) is 0 Å². The van der Waals surface area contributed by atoms with Gasteiger partial charge >= 0.3 is 224 Å². The SMILES string of the molecule is Cc1ccc2c(oc3c(-c4ccc(C5CCCCC5)cc4)[c]([Ge]([CH3])([CH3])[CH3])ccc32)c1-c1cccc[n+]1C. The molecule has 5 aromatic rings. The van der Waals surface area contributed by atoms with Crippen LogP contribution in [-0.4, -0.2) is 13.3 Å². The molecule has 0 radical (unpaired) electrons. The van der Waals surface area contributed by atoms with E-state index in [2.05, 4.69) is 109 Å². The van der Waals surface area contributed by atoms with Gasteiger partial charge in [-0.3, -0.25) is 0 Å². The molecule has 0 aliphatic heterocycles. The summed E-state index contributed by atoms with van der Waals surface area (Å²) in [6.07, 6.45) is 8.91. The van der Waals surface area contributed by atoms with Gasteiger partial charge in [-0.05, 0) is 0 Å². The molecule has 1 aliphatic carbocycles. The first kappa shape index (κ1) is 24.5. The molecule has 0 spiro atoms. The monoisotopic (exact) mass is 550 g/mol. The summed E-state index contributed by atoms with van der Waals surface area (Å²) in [5.74, 6) is 8.19. The number of rotatable bonds is 4. The number of aromatic nitrogens is 1. The summed E-state index contributed by atoms with van der Waals surface area (Å²) in [7, 11) is 2.11. The van der Waals surface area contributed by atoms with E-state index in [1.165, 1.54) is 80.8 Å². The fourth-order valence-electron chi connectivity index (χ4n) is 6.37. The Bertz CT molecular complexity index is 1600. The topological polar surface area (TPSA) is 17.0 Å². The van der Waals surface area contributed by atoms with E-state index in [1.54, 1.807) is 0 Å². The van der Waals surface area contributed by atoms with Crippen LogP contribution in [0, 0.1) is 6.92 Å². The second kappa shape index (κ2) is 9.47. The van der Waals surface area contributed by atoms with Crippen molar-refractivity contribution in [2.75, 3.05) is 0 Å². The molecule has 1 aliphatic rings. The number of pyridine rings is 1. The summed E-state index contributed by atoms with van der Waals surface area (Å²) in [4.78, 5) is 0. The van der Waals surface area contributed by atoms with E-state index in [0.717, 1.165) is 17.1 Å². The third-order valence-corrected chi connectivity index (χ3v) is 12.7. The molecule has 0 saturated heterocycles. The van der Waals surface area contributed by atoms with Crippen LogP contribution in [0.15, 0.2) is 77.3 Å². The molecule has 2 nitrogen and oxygen atoms in total. The Kier molecular flexibility index (Phi) is 6.27. The van der Waals surface area contributed by atoms with Crippen molar-refractivity contribution in [1.82, 2.24) is 0 Å². The minimum atomic E-state index is -2.20. The van der Waals surface area contributed by atoms with Crippen molar-refractivity contribution in [3.63, 3.8) is 0 Å². The normalized spacial score (nSPS) is 15.1. The second-order valence-electron chi connectivity index (χ2n) is 12.0. The summed E-state index contributed by atoms with van der Waals surface area (Å²) >= 11 is -2.20. The van der Waals surface area contributed by atoms with Crippen LogP contribution in [0.5, 0.6) is 0 Å². The zero-order chi connectivity index (χ0) is 25.7. The Balaban J connectivity index is 1.60. The molecule has 1 saturated carbocycles. The van der Waals surface area contributed by atoms with Crippen LogP contribution >= 0.6 is 0 Å². The number of nitrogens with zero attached hydrogens (tertiary/aromatic N) is 1. The summed E-state index contributed by atoms with van der Waals surface area (Å²) in [6, 6.07) is 25.1. The second-order valence-corrected chi connectivity index (χ2v) is 22.6. The summed E-state index contributed by atoms with van der Waals surface area (Å²) in [6.45, 7) is 2.19. The molecule has 0 atom stereocenters. The van der Waals surface area contributed by atoms with Crippen molar-refractivity contribution < 1.29 is 8.98 Å². The number of aryl methyl sites for hydroxylation is 2. The molecule has 0 amide bonds. The zero-order valence-electron chi connectivity index (χ0n) is 22.9. The van der Waals surface area contributed by atoms with Crippen molar-refractivity contribution in [2.45, 2.75) is 62.2 Å². The maximum atomic E-state index is 6.96. The van der Waals surface area contributed by atoms with Crippen LogP contribution in [0.4, 0.5) is 0 Å². The molecule has 3 heteroatoms. The van der Waals surface area contributed by atoms with Gasteiger partial charge < -0.3 is 0 Å². The molecular weight excluding hydrogens is 511 g/mol. The predicted molar refractivity (Wildman–Crippen MR) is 159 cm³/mol. The molecule has 0 N–H and O–H groups in total. The first-order chi connectivity index (χ1) is 17.8. The van der Waals surface area contributed by atoms with Gasteiger partial charge in [0, 0.05) is 0 Å². The Morgan fingerprint density at radius 2 is 1.43 bits per heavy atom. The van der Waals surface area contributed by atoms with Crippen LogP contribution in [0.1, 0.15) is 49.1 Å². The van der Waals surface area contributed by atoms with E-state index in [-0.39, 0.29) is 0 Å². The van der Waals surface area contributed by atoms with E-state index >= 15 is 0 Å². The van der Waals surface area contributed by atoms with Crippen LogP contribution in [0.3, 0.4) is 0 Å². The number of benzene rings is 3. The fourth-order valence-corrected chi connectivity index (χ4v) is 9.71. The number of hydrogen-bond donors (Lipinski definition) is 0. The van der Waals surface area contributed by atoms with Crippen LogP contribution in [0.2, 0.25) is 17.3 Å². The third kappa shape index (κ3) is 4.33. The van der Waals surface area contributed by atoms with Crippen LogP contribution < -0.4 is 8.96 Å². The third-order valence-electron chi connectivity index (χ3n) is 8.41. The van der Waals surface area contributed by atoms with E-state index in [4.69, 9.17) is 4.42 Å². The summed E-state index contributed by atoms with van der Waals surface area (Å²) < 4.78 is 10.7. The van der Waals surface area contributed by atoms with Gasteiger partial charge in [0.05, 0.1) is 0 Å². The Hall–Kier alpha value is -2.85. The number of hydrogen-bond acceptors (Lipinski definition) is 1. The van der Waals surface area contributed by atoms with Gasteiger partial charge in [0.2, 0.25) is 0 Å². The predicted octanol–water partition coefficient (Wildman–Crippen LogP) is 8.65. The van der Waals surface area contributed by atoms with E-state index in [9.17, 15) is 0 Å². The minimum absolute atomic E-state index is 0.724. The molecule has 2 heterocycles. The maximum absolute atomic E-state index is 6.96. The summed E-state index contributed by atoms with van der Waals surface area (Å²) in [5, 5.41) is 2.42. The van der Waals surface area contributed by atoms with Gasteiger partial charge in [-0.25, -0.2) is 0 Å². The average molecular weight is 549 g/mol. The fraction of sp³-hybridized carbons (Fsp3) is 0.324. The van der Waals surface area contributed by atoms with Crippen LogP contribution in [-0.2, 0) is 7.05 Å². The van der Waals surface area contributed by atoms with Crippen molar-refractivity contribution >= 4 is 39.6 Å². The average Bonchev–Trinajstić information content (AvgIpc) is 3.27.